The van der Waals surface area contributed by atoms with Crippen LogP contribution in [0.2, 0.25) is 0 Å². The van der Waals surface area contributed by atoms with Gasteiger partial charge in [-0.05, 0) is 25.1 Å². The van der Waals surface area contributed by atoms with Crippen LogP contribution < -0.4 is 4.90 Å². The summed E-state index contributed by atoms with van der Waals surface area (Å²) in [5.74, 6) is 1.97. The zero-order valence-electron chi connectivity index (χ0n) is 18.4. The summed E-state index contributed by atoms with van der Waals surface area (Å²) in [6.07, 6.45) is 3.04. The molecule has 1 saturated heterocycles. The van der Waals surface area contributed by atoms with Crippen LogP contribution >= 0.6 is 11.8 Å². The van der Waals surface area contributed by atoms with Gasteiger partial charge in [-0.2, -0.15) is 0 Å². The van der Waals surface area contributed by atoms with Crippen molar-refractivity contribution in [3.8, 4) is 11.4 Å². The summed E-state index contributed by atoms with van der Waals surface area (Å²) in [5, 5.41) is 11.0. The minimum atomic E-state index is 0.923. The van der Waals surface area contributed by atoms with Crippen LogP contribution in [0.4, 0.5) is 5.69 Å². The molecule has 2 aromatic carbocycles. The third-order valence-corrected chi connectivity index (χ3v) is 7.15. The molecule has 1 fully saturated rings. The molecular formula is C25H28N6S. The van der Waals surface area contributed by atoms with Gasteiger partial charge in [0, 0.05) is 56.1 Å². The number of nitrogens with zero attached hydrogens (tertiary/aromatic N) is 6. The van der Waals surface area contributed by atoms with Gasteiger partial charge in [0.2, 0.25) is 0 Å². The van der Waals surface area contributed by atoms with E-state index in [1.54, 1.807) is 11.8 Å². The number of hydrogen-bond donors (Lipinski definition) is 0. The molecule has 1 aliphatic rings. The van der Waals surface area contributed by atoms with Crippen LogP contribution in [0.5, 0.6) is 0 Å². The van der Waals surface area contributed by atoms with E-state index in [-0.39, 0.29) is 0 Å². The maximum atomic E-state index is 4.62. The SMILES string of the molecule is Cn1c(SCCCN2CCN(c3cccc4cccnc34)CC2)nnc1-c1ccccc1. The highest BCUT2D eigenvalue weighted by Gasteiger charge is 2.19. The lowest BCUT2D eigenvalue weighted by molar-refractivity contribution is 0.259. The minimum absolute atomic E-state index is 0.923. The van der Waals surface area contributed by atoms with E-state index in [1.807, 2.05) is 37.5 Å². The van der Waals surface area contributed by atoms with Crippen molar-refractivity contribution in [1.29, 1.82) is 0 Å². The molecule has 32 heavy (non-hydrogen) atoms. The van der Waals surface area contributed by atoms with Gasteiger partial charge in [0.15, 0.2) is 11.0 Å². The van der Waals surface area contributed by atoms with E-state index in [0.717, 1.165) is 67.0 Å². The summed E-state index contributed by atoms with van der Waals surface area (Å²) in [6.45, 7) is 5.41. The van der Waals surface area contributed by atoms with Crippen LogP contribution in [0, 0.1) is 0 Å². The molecule has 1 aliphatic heterocycles. The van der Waals surface area contributed by atoms with E-state index < -0.39 is 0 Å². The molecule has 164 valence electrons. The zero-order valence-corrected chi connectivity index (χ0v) is 19.2. The lowest BCUT2D eigenvalue weighted by atomic mass is 10.1. The van der Waals surface area contributed by atoms with E-state index in [4.69, 9.17) is 0 Å². The molecule has 0 spiro atoms. The Kier molecular flexibility index (Phi) is 6.36. The molecular weight excluding hydrogens is 416 g/mol. The predicted molar refractivity (Wildman–Crippen MR) is 132 cm³/mol. The molecule has 7 heteroatoms. The van der Waals surface area contributed by atoms with E-state index in [0.29, 0.717) is 0 Å². The Hall–Kier alpha value is -2.90. The molecule has 3 heterocycles. The number of anilines is 1. The number of rotatable bonds is 7. The smallest absolute Gasteiger partial charge is 0.191 e. The minimum Gasteiger partial charge on any atom is -0.367 e. The third kappa shape index (κ3) is 4.49. The Morgan fingerprint density at radius 2 is 1.69 bits per heavy atom. The number of thioether (sulfide) groups is 1. The highest BCUT2D eigenvalue weighted by molar-refractivity contribution is 7.99. The van der Waals surface area contributed by atoms with Gasteiger partial charge in [0.05, 0.1) is 11.2 Å². The number of hydrogen-bond acceptors (Lipinski definition) is 6. The molecule has 6 nitrogen and oxygen atoms in total. The molecule has 0 saturated carbocycles. The second-order valence-electron chi connectivity index (χ2n) is 8.11. The van der Waals surface area contributed by atoms with E-state index >= 15 is 0 Å². The first kappa shape index (κ1) is 21.0. The molecule has 0 unspecified atom stereocenters. The van der Waals surface area contributed by atoms with Crippen molar-refractivity contribution < 1.29 is 0 Å². The predicted octanol–water partition coefficient (Wildman–Crippen LogP) is 4.33. The first-order valence-electron chi connectivity index (χ1n) is 11.2. The van der Waals surface area contributed by atoms with Gasteiger partial charge in [-0.1, -0.05) is 60.3 Å². The van der Waals surface area contributed by atoms with E-state index in [2.05, 4.69) is 65.9 Å². The largest absolute Gasteiger partial charge is 0.367 e. The first-order chi connectivity index (χ1) is 15.8. The molecule has 0 atom stereocenters. The van der Waals surface area contributed by atoms with Crippen LogP contribution in [0.3, 0.4) is 0 Å². The van der Waals surface area contributed by atoms with Crippen molar-refractivity contribution in [3.63, 3.8) is 0 Å². The second kappa shape index (κ2) is 9.71. The maximum Gasteiger partial charge on any atom is 0.191 e. The van der Waals surface area contributed by atoms with Gasteiger partial charge in [-0.15, -0.1) is 10.2 Å². The Labute approximate surface area is 193 Å². The molecule has 0 aliphatic carbocycles. The number of piperazine rings is 1. The van der Waals surface area contributed by atoms with Crippen molar-refractivity contribution in [3.05, 3.63) is 66.9 Å². The summed E-state index contributed by atoms with van der Waals surface area (Å²) in [5.41, 5.74) is 3.47. The molecule has 5 rings (SSSR count). The molecule has 0 radical (unpaired) electrons. The summed E-state index contributed by atoms with van der Waals surface area (Å²) >= 11 is 1.79. The molecule has 4 aromatic rings. The van der Waals surface area contributed by atoms with E-state index in [9.17, 15) is 0 Å². The van der Waals surface area contributed by atoms with Crippen molar-refractivity contribution >= 4 is 28.4 Å². The fraction of sp³-hybridized carbons (Fsp3) is 0.320. The van der Waals surface area contributed by atoms with Gasteiger partial charge in [-0.25, -0.2) is 0 Å². The average Bonchev–Trinajstić information content (AvgIpc) is 3.22. The van der Waals surface area contributed by atoms with Gasteiger partial charge in [0.25, 0.3) is 0 Å². The number of fused-ring (bicyclic) bond motifs is 1. The second-order valence-corrected chi connectivity index (χ2v) is 9.18. The van der Waals surface area contributed by atoms with Crippen LogP contribution in [0.15, 0.2) is 72.0 Å². The van der Waals surface area contributed by atoms with Crippen molar-refractivity contribution in [2.45, 2.75) is 11.6 Å². The number of benzene rings is 2. The lowest BCUT2D eigenvalue weighted by Gasteiger charge is -2.36. The quantitative estimate of drug-likeness (QED) is 0.312. The zero-order chi connectivity index (χ0) is 21.8. The normalized spacial score (nSPS) is 14.8. The van der Waals surface area contributed by atoms with Gasteiger partial charge in [0.1, 0.15) is 0 Å². The fourth-order valence-corrected chi connectivity index (χ4v) is 5.12. The Bertz CT molecular complexity index is 1160. The average molecular weight is 445 g/mol. The summed E-state index contributed by atoms with van der Waals surface area (Å²) in [4.78, 5) is 9.67. The van der Waals surface area contributed by atoms with Crippen LogP contribution in [-0.4, -0.2) is 63.1 Å². The van der Waals surface area contributed by atoms with Gasteiger partial charge >= 0.3 is 0 Å². The fourth-order valence-electron chi connectivity index (χ4n) is 4.29. The molecule has 0 bridgehead atoms. The molecule has 0 amide bonds. The highest BCUT2D eigenvalue weighted by Crippen LogP contribution is 2.26. The topological polar surface area (TPSA) is 50.1 Å². The lowest BCUT2D eigenvalue weighted by Crippen LogP contribution is -2.46. The standard InChI is InChI=1S/C25H28N6S/c1-29-24(21-8-3-2-4-9-21)27-28-25(29)32-19-7-14-30-15-17-31(18-16-30)22-12-5-10-20-11-6-13-26-23(20)22/h2-6,8-13H,7,14-19H2,1H3. The Morgan fingerprint density at radius 1 is 0.875 bits per heavy atom. The van der Waals surface area contributed by atoms with Crippen LogP contribution in [0.1, 0.15) is 6.42 Å². The van der Waals surface area contributed by atoms with Crippen LogP contribution in [-0.2, 0) is 7.05 Å². The van der Waals surface area contributed by atoms with Crippen molar-refractivity contribution in [2.24, 2.45) is 7.05 Å². The van der Waals surface area contributed by atoms with E-state index in [1.165, 1.54) is 11.1 Å². The summed E-state index contributed by atoms with van der Waals surface area (Å²) in [7, 11) is 2.05. The van der Waals surface area contributed by atoms with Crippen molar-refractivity contribution in [1.82, 2.24) is 24.6 Å². The van der Waals surface area contributed by atoms with Crippen LogP contribution in [0.25, 0.3) is 22.3 Å². The maximum absolute atomic E-state index is 4.62. The highest BCUT2D eigenvalue weighted by atomic mass is 32.2. The van der Waals surface area contributed by atoms with Crippen molar-refractivity contribution in [2.75, 3.05) is 43.4 Å². The monoisotopic (exact) mass is 444 g/mol. The third-order valence-electron chi connectivity index (χ3n) is 6.04. The number of aromatic nitrogens is 4. The van der Waals surface area contributed by atoms with Gasteiger partial charge in [-0.3, -0.25) is 9.88 Å². The Balaban J connectivity index is 1.10. The summed E-state index contributed by atoms with van der Waals surface area (Å²) in [6, 6.07) is 20.9. The first-order valence-corrected chi connectivity index (χ1v) is 12.2. The number of pyridine rings is 1. The summed E-state index contributed by atoms with van der Waals surface area (Å²) < 4.78 is 2.09. The Morgan fingerprint density at radius 3 is 2.53 bits per heavy atom. The molecule has 0 N–H and O–H groups in total. The number of para-hydroxylation sites is 1. The van der Waals surface area contributed by atoms with Gasteiger partial charge < -0.3 is 9.47 Å². The molecule has 2 aromatic heterocycles.